The first kappa shape index (κ1) is 10.1. The molecule has 1 aliphatic heterocycles. The van der Waals surface area contributed by atoms with Crippen molar-refractivity contribution in [2.45, 2.75) is 26.3 Å². The molecule has 3 heterocycles. The highest BCUT2D eigenvalue weighted by atomic mass is 15.4. The van der Waals surface area contributed by atoms with E-state index in [0.717, 1.165) is 18.8 Å². The van der Waals surface area contributed by atoms with Gasteiger partial charge in [0.15, 0.2) is 5.65 Å². The number of hydrogen-bond acceptors (Lipinski definition) is 4. The van der Waals surface area contributed by atoms with Crippen molar-refractivity contribution in [3.05, 3.63) is 23.5 Å². The van der Waals surface area contributed by atoms with Gasteiger partial charge >= 0.3 is 0 Å². The van der Waals surface area contributed by atoms with Crippen molar-refractivity contribution in [2.24, 2.45) is 0 Å². The minimum absolute atomic E-state index is 0.427. The predicted octanol–water partition coefficient (Wildman–Crippen LogP) is 1.37. The largest absolute Gasteiger partial charge is 0.353 e. The van der Waals surface area contributed by atoms with Gasteiger partial charge in [0.25, 0.3) is 0 Å². The molecular weight excluding hydrogens is 214 g/mol. The van der Waals surface area contributed by atoms with E-state index in [-0.39, 0.29) is 0 Å². The standard InChI is InChI=1S/C12H13N5/c1-8(2)16-4-3-9-6-14-11-10(5-13)7-15-17(11)12(9)16/h6-8H,3-4H2,1-2H3. The van der Waals surface area contributed by atoms with Crippen molar-refractivity contribution < 1.29 is 0 Å². The fraction of sp³-hybridized carbons (Fsp3) is 0.417. The Morgan fingerprint density at radius 1 is 1.41 bits per heavy atom. The molecule has 2 aromatic heterocycles. The summed E-state index contributed by atoms with van der Waals surface area (Å²) < 4.78 is 1.79. The second-order valence-electron chi connectivity index (χ2n) is 4.55. The Morgan fingerprint density at radius 3 is 2.94 bits per heavy atom. The zero-order valence-corrected chi connectivity index (χ0v) is 9.88. The fourth-order valence-electron chi connectivity index (χ4n) is 2.36. The average molecular weight is 227 g/mol. The maximum absolute atomic E-state index is 8.99. The molecule has 0 radical (unpaired) electrons. The summed E-state index contributed by atoms with van der Waals surface area (Å²) in [6.45, 7) is 5.32. The van der Waals surface area contributed by atoms with Crippen LogP contribution in [0.15, 0.2) is 12.4 Å². The Balaban J connectivity index is 2.29. The quantitative estimate of drug-likeness (QED) is 0.738. The van der Waals surface area contributed by atoms with Crippen molar-refractivity contribution in [3.8, 4) is 6.07 Å². The Morgan fingerprint density at radius 2 is 2.24 bits per heavy atom. The minimum Gasteiger partial charge on any atom is -0.353 e. The highest BCUT2D eigenvalue weighted by Crippen LogP contribution is 2.29. The highest BCUT2D eigenvalue weighted by molar-refractivity contribution is 5.63. The summed E-state index contributed by atoms with van der Waals surface area (Å²) in [5, 5.41) is 13.3. The number of fused-ring (bicyclic) bond motifs is 3. The van der Waals surface area contributed by atoms with Gasteiger partial charge in [0.1, 0.15) is 17.5 Å². The molecule has 0 bridgehead atoms. The molecule has 0 saturated carbocycles. The lowest BCUT2D eigenvalue weighted by Gasteiger charge is -2.23. The summed E-state index contributed by atoms with van der Waals surface area (Å²) >= 11 is 0. The molecule has 0 amide bonds. The van der Waals surface area contributed by atoms with Crippen molar-refractivity contribution in [1.82, 2.24) is 14.6 Å². The normalized spacial score (nSPS) is 14.4. The van der Waals surface area contributed by atoms with Crippen molar-refractivity contribution in [1.29, 1.82) is 5.26 Å². The van der Waals surface area contributed by atoms with Crippen LogP contribution in [0.2, 0.25) is 0 Å². The Kier molecular flexibility index (Phi) is 2.05. The highest BCUT2D eigenvalue weighted by Gasteiger charge is 2.25. The number of nitriles is 1. The van der Waals surface area contributed by atoms with Crippen molar-refractivity contribution in [2.75, 3.05) is 11.4 Å². The molecule has 0 saturated heterocycles. The van der Waals surface area contributed by atoms with Gasteiger partial charge < -0.3 is 4.90 Å². The van der Waals surface area contributed by atoms with E-state index in [0.29, 0.717) is 17.3 Å². The fourth-order valence-corrected chi connectivity index (χ4v) is 2.36. The number of hydrogen-bond donors (Lipinski definition) is 0. The molecule has 5 nitrogen and oxygen atoms in total. The van der Waals surface area contributed by atoms with Crippen molar-refractivity contribution >= 4 is 11.5 Å². The lowest BCUT2D eigenvalue weighted by molar-refractivity contribution is 0.691. The van der Waals surface area contributed by atoms with Gasteiger partial charge in [-0.3, -0.25) is 0 Å². The van der Waals surface area contributed by atoms with Crippen molar-refractivity contribution in [3.63, 3.8) is 0 Å². The van der Waals surface area contributed by atoms with E-state index in [4.69, 9.17) is 5.26 Å². The van der Waals surface area contributed by atoms with E-state index < -0.39 is 0 Å². The molecule has 0 N–H and O–H groups in total. The van der Waals surface area contributed by atoms with E-state index in [2.05, 4.69) is 34.9 Å². The Labute approximate surface area is 99.3 Å². The zero-order valence-electron chi connectivity index (χ0n) is 9.88. The van der Waals surface area contributed by atoms with Crippen LogP contribution in [0.25, 0.3) is 5.65 Å². The van der Waals surface area contributed by atoms with E-state index in [1.54, 1.807) is 10.7 Å². The minimum atomic E-state index is 0.427. The molecule has 3 rings (SSSR count). The first-order valence-electron chi connectivity index (χ1n) is 5.74. The van der Waals surface area contributed by atoms with Crippen LogP contribution in [0.3, 0.4) is 0 Å². The molecule has 1 aliphatic rings. The molecule has 5 heteroatoms. The summed E-state index contributed by atoms with van der Waals surface area (Å²) in [5.41, 5.74) is 2.39. The topological polar surface area (TPSA) is 57.2 Å². The van der Waals surface area contributed by atoms with E-state index in [1.807, 2.05) is 6.20 Å². The molecular formula is C12H13N5. The van der Waals surface area contributed by atoms with Gasteiger partial charge in [-0.1, -0.05) is 0 Å². The Hall–Kier alpha value is -2.09. The second kappa shape index (κ2) is 3.45. The van der Waals surface area contributed by atoms with E-state index in [9.17, 15) is 0 Å². The lowest BCUT2D eigenvalue weighted by atomic mass is 10.3. The van der Waals surface area contributed by atoms with Gasteiger partial charge in [-0.05, 0) is 20.3 Å². The summed E-state index contributed by atoms with van der Waals surface area (Å²) in [6, 6.07) is 2.55. The third kappa shape index (κ3) is 1.30. The van der Waals surface area contributed by atoms with Crippen LogP contribution in [0.5, 0.6) is 0 Å². The first-order chi connectivity index (χ1) is 8.22. The van der Waals surface area contributed by atoms with Crippen LogP contribution >= 0.6 is 0 Å². The van der Waals surface area contributed by atoms with Crippen LogP contribution in [-0.4, -0.2) is 27.2 Å². The van der Waals surface area contributed by atoms with Gasteiger partial charge in [0.05, 0.1) is 6.20 Å². The average Bonchev–Trinajstić information content (AvgIpc) is 2.91. The monoisotopic (exact) mass is 227 g/mol. The van der Waals surface area contributed by atoms with E-state index in [1.165, 1.54) is 5.56 Å². The zero-order chi connectivity index (χ0) is 12.0. The number of nitrogens with zero attached hydrogens (tertiary/aromatic N) is 5. The molecule has 86 valence electrons. The maximum Gasteiger partial charge on any atom is 0.175 e. The van der Waals surface area contributed by atoms with Gasteiger partial charge in [-0.15, -0.1) is 0 Å². The van der Waals surface area contributed by atoms with Crippen LogP contribution < -0.4 is 4.90 Å². The van der Waals surface area contributed by atoms with Crippen LogP contribution in [-0.2, 0) is 6.42 Å². The number of anilines is 1. The van der Waals surface area contributed by atoms with Gasteiger partial charge in [-0.2, -0.15) is 14.9 Å². The molecule has 0 atom stereocenters. The summed E-state index contributed by atoms with van der Waals surface area (Å²) in [6.07, 6.45) is 4.45. The Bertz CT molecular complexity index is 620. The smallest absolute Gasteiger partial charge is 0.175 e. The van der Waals surface area contributed by atoms with Gasteiger partial charge in [-0.25, -0.2) is 4.98 Å². The maximum atomic E-state index is 8.99. The summed E-state index contributed by atoms with van der Waals surface area (Å²) in [7, 11) is 0. The molecule has 17 heavy (non-hydrogen) atoms. The first-order valence-corrected chi connectivity index (χ1v) is 5.74. The van der Waals surface area contributed by atoms with Crippen LogP contribution in [0.4, 0.5) is 5.82 Å². The molecule has 0 unspecified atom stereocenters. The number of aromatic nitrogens is 3. The third-order valence-electron chi connectivity index (χ3n) is 3.21. The summed E-state index contributed by atoms with van der Waals surface area (Å²) in [5.74, 6) is 1.09. The predicted molar refractivity (Wildman–Crippen MR) is 63.9 cm³/mol. The third-order valence-corrected chi connectivity index (χ3v) is 3.21. The lowest BCUT2D eigenvalue weighted by Crippen LogP contribution is -2.30. The SMILES string of the molecule is CC(C)N1CCc2cnc3c(C#N)cnn3c21. The molecule has 2 aromatic rings. The van der Waals surface area contributed by atoms with Crippen LogP contribution in [0.1, 0.15) is 25.0 Å². The number of rotatable bonds is 1. The van der Waals surface area contributed by atoms with E-state index >= 15 is 0 Å². The molecule has 0 aromatic carbocycles. The summed E-state index contributed by atoms with van der Waals surface area (Å²) in [4.78, 5) is 6.63. The molecule has 0 fully saturated rings. The van der Waals surface area contributed by atoms with Gasteiger partial charge in [0.2, 0.25) is 0 Å². The molecule has 0 aliphatic carbocycles. The van der Waals surface area contributed by atoms with Gasteiger partial charge in [0, 0.05) is 24.3 Å². The second-order valence-corrected chi connectivity index (χ2v) is 4.55. The molecule has 0 spiro atoms. The van der Waals surface area contributed by atoms with Crippen LogP contribution in [0, 0.1) is 11.3 Å².